The van der Waals surface area contributed by atoms with E-state index in [0.29, 0.717) is 12.2 Å². The molecule has 1 aromatic carbocycles. The molecule has 0 aliphatic carbocycles. The molecule has 3 heterocycles. The highest BCUT2D eigenvalue weighted by atomic mass is 19.4. The fourth-order valence-corrected chi connectivity index (χ4v) is 3.82. The Morgan fingerprint density at radius 3 is 2.82 bits per heavy atom. The number of carbonyl (C=O) groups is 2. The third-order valence-electron chi connectivity index (χ3n) is 5.26. The summed E-state index contributed by atoms with van der Waals surface area (Å²) in [5, 5.41) is 7.75. The zero-order valence-corrected chi connectivity index (χ0v) is 15.1. The maximum atomic E-state index is 13.0. The number of halogens is 3. The van der Waals surface area contributed by atoms with Crippen molar-refractivity contribution in [3.63, 3.8) is 0 Å². The Labute approximate surface area is 158 Å². The molecule has 10 heteroatoms. The standard InChI is InChI=1S/C18H18F3N5O2/c1-11-16(17(28)24-9-14-6-3-7-25(14)15(27)10-24)22-23-26(11)13-5-2-4-12(8-13)18(19,20)21/h2,4-5,8,14H,3,6-7,9-10H2,1H3/t14-/m0/s1. The lowest BCUT2D eigenvalue weighted by Gasteiger charge is -2.36. The first-order chi connectivity index (χ1) is 13.3. The maximum Gasteiger partial charge on any atom is 0.416 e. The predicted octanol–water partition coefficient (Wildman–Crippen LogP) is 2.04. The summed E-state index contributed by atoms with van der Waals surface area (Å²) in [6, 6.07) is 4.68. The lowest BCUT2D eigenvalue weighted by Crippen LogP contribution is -2.55. The molecule has 2 aliphatic rings. The summed E-state index contributed by atoms with van der Waals surface area (Å²) < 4.78 is 40.1. The molecule has 1 atom stereocenters. The Morgan fingerprint density at radius 2 is 2.07 bits per heavy atom. The van der Waals surface area contributed by atoms with Crippen LogP contribution in [0.25, 0.3) is 5.69 Å². The van der Waals surface area contributed by atoms with Gasteiger partial charge in [-0.15, -0.1) is 5.10 Å². The fraction of sp³-hybridized carbons (Fsp3) is 0.444. The van der Waals surface area contributed by atoms with Gasteiger partial charge in [0.1, 0.15) is 6.54 Å². The number of hydrogen-bond donors (Lipinski definition) is 0. The maximum absolute atomic E-state index is 13.0. The Balaban J connectivity index is 1.60. The van der Waals surface area contributed by atoms with E-state index in [1.807, 2.05) is 0 Å². The monoisotopic (exact) mass is 393 g/mol. The average molecular weight is 393 g/mol. The minimum absolute atomic E-state index is 0.0176. The first kappa shape index (κ1) is 18.5. The number of benzene rings is 1. The van der Waals surface area contributed by atoms with Gasteiger partial charge in [0.25, 0.3) is 5.91 Å². The van der Waals surface area contributed by atoms with Crippen LogP contribution in [0.2, 0.25) is 0 Å². The molecule has 0 N–H and O–H groups in total. The molecule has 7 nitrogen and oxygen atoms in total. The van der Waals surface area contributed by atoms with E-state index in [4.69, 9.17) is 0 Å². The number of nitrogens with zero attached hydrogens (tertiary/aromatic N) is 5. The summed E-state index contributed by atoms with van der Waals surface area (Å²) in [5.41, 5.74) is -0.284. The number of carbonyl (C=O) groups excluding carboxylic acids is 2. The highest BCUT2D eigenvalue weighted by Gasteiger charge is 2.38. The molecule has 2 fully saturated rings. The molecule has 2 aliphatic heterocycles. The number of aromatic nitrogens is 3. The second kappa shape index (κ2) is 6.61. The van der Waals surface area contributed by atoms with Gasteiger partial charge < -0.3 is 9.80 Å². The van der Waals surface area contributed by atoms with Crippen molar-refractivity contribution in [1.29, 1.82) is 0 Å². The Bertz CT molecular complexity index is 940. The van der Waals surface area contributed by atoms with Crippen LogP contribution < -0.4 is 0 Å². The van der Waals surface area contributed by atoms with Gasteiger partial charge >= 0.3 is 6.18 Å². The molecule has 0 bridgehead atoms. The zero-order chi connectivity index (χ0) is 20.1. The third kappa shape index (κ3) is 3.12. The summed E-state index contributed by atoms with van der Waals surface area (Å²) in [4.78, 5) is 28.4. The normalized spacial score (nSPS) is 19.9. The van der Waals surface area contributed by atoms with Crippen molar-refractivity contribution >= 4 is 11.8 Å². The minimum atomic E-state index is -4.48. The quantitative estimate of drug-likeness (QED) is 0.783. The van der Waals surface area contributed by atoms with Gasteiger partial charge in [0.05, 0.1) is 16.9 Å². The zero-order valence-electron chi connectivity index (χ0n) is 15.1. The smallest absolute Gasteiger partial charge is 0.336 e. The highest BCUT2D eigenvalue weighted by molar-refractivity contribution is 5.96. The van der Waals surface area contributed by atoms with Crippen LogP contribution in [0.15, 0.2) is 24.3 Å². The van der Waals surface area contributed by atoms with E-state index < -0.39 is 17.6 Å². The first-order valence-electron chi connectivity index (χ1n) is 8.94. The highest BCUT2D eigenvalue weighted by Crippen LogP contribution is 2.30. The summed E-state index contributed by atoms with van der Waals surface area (Å²) in [5.74, 6) is -0.527. The van der Waals surface area contributed by atoms with Gasteiger partial charge in [0.2, 0.25) is 5.91 Å². The van der Waals surface area contributed by atoms with Crippen LogP contribution in [0, 0.1) is 6.92 Å². The first-order valence-corrected chi connectivity index (χ1v) is 8.94. The van der Waals surface area contributed by atoms with Gasteiger partial charge in [-0.25, -0.2) is 4.68 Å². The molecule has 28 heavy (non-hydrogen) atoms. The van der Waals surface area contributed by atoms with Crippen molar-refractivity contribution in [3.8, 4) is 5.69 Å². The molecule has 0 spiro atoms. The van der Waals surface area contributed by atoms with Crippen LogP contribution in [-0.2, 0) is 11.0 Å². The van der Waals surface area contributed by atoms with Gasteiger partial charge in [-0.2, -0.15) is 13.2 Å². The molecule has 2 amide bonds. The lowest BCUT2D eigenvalue weighted by molar-refractivity contribution is -0.138. The number of alkyl halides is 3. The summed E-state index contributed by atoms with van der Waals surface area (Å²) in [7, 11) is 0. The van der Waals surface area contributed by atoms with E-state index >= 15 is 0 Å². The second-order valence-electron chi connectivity index (χ2n) is 7.05. The minimum Gasteiger partial charge on any atom is -0.336 e. The van der Waals surface area contributed by atoms with Crippen molar-refractivity contribution in [3.05, 3.63) is 41.2 Å². The van der Waals surface area contributed by atoms with E-state index in [2.05, 4.69) is 10.3 Å². The molecule has 0 radical (unpaired) electrons. The largest absolute Gasteiger partial charge is 0.416 e. The lowest BCUT2D eigenvalue weighted by atomic mass is 10.1. The van der Waals surface area contributed by atoms with E-state index in [1.165, 1.54) is 21.7 Å². The van der Waals surface area contributed by atoms with Crippen LogP contribution in [0.1, 0.15) is 34.6 Å². The average Bonchev–Trinajstić information content (AvgIpc) is 3.27. The summed E-state index contributed by atoms with van der Waals surface area (Å²) >= 11 is 0. The number of fused-ring (bicyclic) bond motifs is 1. The summed E-state index contributed by atoms with van der Waals surface area (Å²) in [6.45, 7) is 2.70. The predicted molar refractivity (Wildman–Crippen MR) is 91.7 cm³/mol. The van der Waals surface area contributed by atoms with Gasteiger partial charge in [-0.3, -0.25) is 9.59 Å². The molecule has 0 saturated carbocycles. The van der Waals surface area contributed by atoms with Crippen LogP contribution >= 0.6 is 0 Å². The van der Waals surface area contributed by atoms with Crippen molar-refractivity contribution in [2.24, 2.45) is 0 Å². The molecule has 0 unspecified atom stereocenters. The Morgan fingerprint density at radius 1 is 1.29 bits per heavy atom. The van der Waals surface area contributed by atoms with Gasteiger partial charge in [0.15, 0.2) is 5.69 Å². The van der Waals surface area contributed by atoms with E-state index in [9.17, 15) is 22.8 Å². The van der Waals surface area contributed by atoms with Crippen molar-refractivity contribution in [1.82, 2.24) is 24.8 Å². The van der Waals surface area contributed by atoms with E-state index in [0.717, 1.165) is 31.5 Å². The van der Waals surface area contributed by atoms with Crippen LogP contribution in [-0.4, -0.2) is 62.3 Å². The molecule has 2 aromatic rings. The van der Waals surface area contributed by atoms with Gasteiger partial charge in [0, 0.05) is 19.1 Å². The van der Waals surface area contributed by atoms with Crippen molar-refractivity contribution < 1.29 is 22.8 Å². The Hall–Kier alpha value is -2.91. The second-order valence-corrected chi connectivity index (χ2v) is 7.05. The van der Waals surface area contributed by atoms with Gasteiger partial charge in [-0.1, -0.05) is 11.3 Å². The third-order valence-corrected chi connectivity index (χ3v) is 5.26. The molecule has 4 rings (SSSR count). The van der Waals surface area contributed by atoms with Crippen LogP contribution in [0.4, 0.5) is 13.2 Å². The molecular formula is C18H18F3N5O2. The van der Waals surface area contributed by atoms with Crippen molar-refractivity contribution in [2.75, 3.05) is 19.6 Å². The van der Waals surface area contributed by atoms with Crippen molar-refractivity contribution in [2.45, 2.75) is 32.0 Å². The van der Waals surface area contributed by atoms with Crippen LogP contribution in [0.5, 0.6) is 0 Å². The summed E-state index contributed by atoms with van der Waals surface area (Å²) in [6.07, 6.45) is -2.71. The molecular weight excluding hydrogens is 375 g/mol. The molecule has 2 saturated heterocycles. The fourth-order valence-electron chi connectivity index (χ4n) is 3.82. The number of amides is 2. The van der Waals surface area contributed by atoms with E-state index in [-0.39, 0.29) is 29.9 Å². The molecule has 1 aromatic heterocycles. The van der Waals surface area contributed by atoms with E-state index in [1.54, 1.807) is 11.8 Å². The number of rotatable bonds is 2. The number of hydrogen-bond acceptors (Lipinski definition) is 4. The number of piperazine rings is 1. The van der Waals surface area contributed by atoms with Crippen LogP contribution in [0.3, 0.4) is 0 Å². The molecule has 148 valence electrons. The van der Waals surface area contributed by atoms with Gasteiger partial charge in [-0.05, 0) is 38.0 Å². The SMILES string of the molecule is Cc1c(C(=O)N2CC(=O)N3CCC[C@H]3C2)nnn1-c1cccc(C(F)(F)F)c1. The Kier molecular flexibility index (Phi) is 4.35. The topological polar surface area (TPSA) is 71.3 Å².